The van der Waals surface area contributed by atoms with Gasteiger partial charge in [-0.25, -0.2) is 4.39 Å². The monoisotopic (exact) mass is 457 g/mol. The average molecular weight is 458 g/mol. The molecule has 2 atom stereocenters. The molecule has 1 amide bonds. The van der Waals surface area contributed by atoms with E-state index in [1.165, 1.54) is 19.1 Å². The summed E-state index contributed by atoms with van der Waals surface area (Å²) in [5, 5.41) is 13.2. The standard InChI is InChI=1S/C25H30FN3O2.CH3F/c1-4-8-24(31-21(5-2)12-11-19(16-27)15-18(3)26)25(30)28-14-13-20-17-29-23-10-7-6-9-22(20)23;1-2/h5-7,9-12,17-18,24,29H,2,4,8,13-15H2,1,3H3,(H,28,30);1H3/b19-11+,21-12+;/t18?,24-;/m0./s1. The summed E-state index contributed by atoms with van der Waals surface area (Å²) in [6, 6.07) is 10.0. The maximum atomic E-state index is 13.1. The second-order valence-electron chi connectivity index (χ2n) is 7.36. The summed E-state index contributed by atoms with van der Waals surface area (Å²) in [6.07, 6.45) is 6.77. The Morgan fingerprint density at radius 1 is 1.33 bits per heavy atom. The van der Waals surface area contributed by atoms with Crippen LogP contribution in [0.4, 0.5) is 8.78 Å². The summed E-state index contributed by atoms with van der Waals surface area (Å²) in [5.74, 6) is 0.167. The number of nitriles is 1. The SMILES string of the molecule is C=C/C(=C\C=C(\C#N)CC(C)F)O[C@@H](CCC)C(=O)NCCc1c[nH]c2ccccc12.CF. The first-order chi connectivity index (χ1) is 16.0. The minimum Gasteiger partial charge on any atom is -0.481 e. The highest BCUT2D eigenvalue weighted by Crippen LogP contribution is 2.18. The predicted octanol–water partition coefficient (Wildman–Crippen LogP) is 5.87. The molecule has 0 aliphatic carbocycles. The number of nitrogens with one attached hydrogen (secondary N) is 2. The fourth-order valence-corrected chi connectivity index (χ4v) is 3.23. The maximum Gasteiger partial charge on any atom is 0.261 e. The molecule has 0 aliphatic rings. The molecule has 2 aromatic rings. The number of hydrogen-bond donors (Lipinski definition) is 2. The zero-order valence-electron chi connectivity index (χ0n) is 19.5. The number of fused-ring (bicyclic) bond motifs is 1. The molecule has 0 spiro atoms. The van der Waals surface area contributed by atoms with E-state index in [-0.39, 0.29) is 12.3 Å². The van der Waals surface area contributed by atoms with Crippen molar-refractivity contribution in [2.24, 2.45) is 0 Å². The van der Waals surface area contributed by atoms with E-state index in [1.807, 2.05) is 37.4 Å². The minimum absolute atomic E-state index is 0.0319. The number of amides is 1. The molecule has 33 heavy (non-hydrogen) atoms. The third-order valence-electron chi connectivity index (χ3n) is 4.78. The molecule has 2 rings (SSSR count). The molecule has 0 bridgehead atoms. The lowest BCUT2D eigenvalue weighted by Crippen LogP contribution is -2.37. The summed E-state index contributed by atoms with van der Waals surface area (Å²) in [5.41, 5.74) is 2.52. The van der Waals surface area contributed by atoms with Gasteiger partial charge in [-0.1, -0.05) is 38.1 Å². The molecule has 0 saturated carbocycles. The van der Waals surface area contributed by atoms with Crippen molar-refractivity contribution < 1.29 is 18.3 Å². The molecule has 178 valence electrons. The van der Waals surface area contributed by atoms with E-state index in [1.54, 1.807) is 6.08 Å². The first-order valence-electron chi connectivity index (χ1n) is 10.9. The van der Waals surface area contributed by atoms with E-state index >= 15 is 0 Å². The van der Waals surface area contributed by atoms with Crippen LogP contribution in [0.15, 0.2) is 66.6 Å². The van der Waals surface area contributed by atoms with Crippen LogP contribution in [0, 0.1) is 11.3 Å². The number of carbonyl (C=O) groups is 1. The Morgan fingerprint density at radius 3 is 2.70 bits per heavy atom. The summed E-state index contributed by atoms with van der Waals surface area (Å²) >= 11 is 0. The summed E-state index contributed by atoms with van der Waals surface area (Å²) in [7, 11) is 0.500. The number of ether oxygens (including phenoxy) is 1. The minimum atomic E-state index is -1.11. The lowest BCUT2D eigenvalue weighted by atomic mass is 10.1. The van der Waals surface area contributed by atoms with Crippen molar-refractivity contribution >= 4 is 16.8 Å². The quantitative estimate of drug-likeness (QED) is 0.238. The number of aromatic amines is 1. The third kappa shape index (κ3) is 9.32. The highest BCUT2D eigenvalue weighted by atomic mass is 19.1. The Labute approximate surface area is 194 Å². The number of benzene rings is 1. The van der Waals surface area contributed by atoms with Gasteiger partial charge in [0, 0.05) is 35.6 Å². The second kappa shape index (κ2) is 15.4. The van der Waals surface area contributed by atoms with Gasteiger partial charge in [0.05, 0.1) is 13.2 Å². The van der Waals surface area contributed by atoms with Crippen molar-refractivity contribution in [1.29, 1.82) is 5.26 Å². The Morgan fingerprint density at radius 2 is 2.06 bits per heavy atom. The number of halogens is 2. The maximum absolute atomic E-state index is 13.1. The molecule has 1 unspecified atom stereocenters. The van der Waals surface area contributed by atoms with Crippen LogP contribution in [0.25, 0.3) is 10.9 Å². The molecule has 0 fully saturated rings. The third-order valence-corrected chi connectivity index (χ3v) is 4.78. The number of H-pyrrole nitrogens is 1. The van der Waals surface area contributed by atoms with Crippen LogP contribution >= 0.6 is 0 Å². The van der Waals surface area contributed by atoms with Crippen LogP contribution in [0.2, 0.25) is 0 Å². The van der Waals surface area contributed by atoms with Crippen LogP contribution in [0.3, 0.4) is 0 Å². The van der Waals surface area contributed by atoms with Crippen LogP contribution in [0.5, 0.6) is 0 Å². The van der Waals surface area contributed by atoms with Gasteiger partial charge in [0.25, 0.3) is 5.91 Å². The number of hydrogen-bond acceptors (Lipinski definition) is 3. The molecule has 7 heteroatoms. The van der Waals surface area contributed by atoms with Gasteiger partial charge < -0.3 is 15.0 Å². The van der Waals surface area contributed by atoms with Crippen molar-refractivity contribution in [2.45, 2.75) is 51.8 Å². The molecule has 0 aliphatic heterocycles. The van der Waals surface area contributed by atoms with Gasteiger partial charge in [0.15, 0.2) is 6.10 Å². The van der Waals surface area contributed by atoms with Gasteiger partial charge in [0.1, 0.15) is 11.9 Å². The first-order valence-corrected chi connectivity index (χ1v) is 10.9. The molecule has 1 heterocycles. The fourth-order valence-electron chi connectivity index (χ4n) is 3.23. The highest BCUT2D eigenvalue weighted by Gasteiger charge is 2.19. The Hall–Kier alpha value is -3.40. The summed E-state index contributed by atoms with van der Waals surface area (Å²) < 4.78 is 28.5. The number of rotatable bonds is 12. The molecule has 1 aromatic heterocycles. The van der Waals surface area contributed by atoms with E-state index in [2.05, 4.69) is 22.9 Å². The number of allylic oxidation sites excluding steroid dienone is 4. The van der Waals surface area contributed by atoms with Gasteiger partial charge in [-0.3, -0.25) is 9.18 Å². The smallest absolute Gasteiger partial charge is 0.261 e. The van der Waals surface area contributed by atoms with Crippen molar-refractivity contribution in [3.8, 4) is 6.07 Å². The molecule has 5 nitrogen and oxygen atoms in total. The summed E-state index contributed by atoms with van der Waals surface area (Å²) in [4.78, 5) is 15.9. The molecule has 0 radical (unpaired) electrons. The van der Waals surface area contributed by atoms with Gasteiger partial charge in [-0.05, 0) is 49.6 Å². The van der Waals surface area contributed by atoms with Gasteiger partial charge in [-0.15, -0.1) is 0 Å². The summed E-state index contributed by atoms with van der Waals surface area (Å²) in [6.45, 7) is 7.57. The molecule has 1 aromatic carbocycles. The van der Waals surface area contributed by atoms with E-state index in [4.69, 9.17) is 10.00 Å². The molecular formula is C26H33F2N3O2. The highest BCUT2D eigenvalue weighted by molar-refractivity contribution is 5.83. The van der Waals surface area contributed by atoms with Crippen molar-refractivity contribution in [2.75, 3.05) is 13.7 Å². The largest absolute Gasteiger partial charge is 0.481 e. The Balaban J connectivity index is 0.00000265. The van der Waals surface area contributed by atoms with Crippen molar-refractivity contribution in [3.05, 3.63) is 72.2 Å². The van der Waals surface area contributed by atoms with E-state index in [0.717, 1.165) is 22.9 Å². The number of alkyl halides is 2. The number of carbonyl (C=O) groups excluding carboxylic acids is 1. The van der Waals surface area contributed by atoms with E-state index in [0.29, 0.717) is 37.9 Å². The number of aromatic nitrogens is 1. The topological polar surface area (TPSA) is 77.9 Å². The Bertz CT molecular complexity index is 987. The fraction of sp³-hybridized carbons (Fsp3) is 0.385. The zero-order valence-corrected chi connectivity index (χ0v) is 19.5. The second-order valence-corrected chi connectivity index (χ2v) is 7.36. The first kappa shape index (κ1) is 27.6. The average Bonchev–Trinajstić information content (AvgIpc) is 3.24. The zero-order chi connectivity index (χ0) is 24.6. The van der Waals surface area contributed by atoms with Crippen LogP contribution in [-0.2, 0) is 16.0 Å². The number of nitrogens with zero attached hydrogens (tertiary/aromatic N) is 1. The van der Waals surface area contributed by atoms with Gasteiger partial charge in [0.2, 0.25) is 0 Å². The Kier molecular flexibility index (Phi) is 12.9. The lowest BCUT2D eigenvalue weighted by Gasteiger charge is -2.18. The van der Waals surface area contributed by atoms with Crippen LogP contribution in [-0.4, -0.2) is 36.9 Å². The van der Waals surface area contributed by atoms with Crippen molar-refractivity contribution in [3.63, 3.8) is 0 Å². The van der Waals surface area contributed by atoms with Gasteiger partial charge >= 0.3 is 0 Å². The molecule has 2 N–H and O–H groups in total. The van der Waals surface area contributed by atoms with E-state index in [9.17, 15) is 13.6 Å². The van der Waals surface area contributed by atoms with Crippen LogP contribution < -0.4 is 5.32 Å². The van der Waals surface area contributed by atoms with Gasteiger partial charge in [-0.2, -0.15) is 5.26 Å². The molecular weight excluding hydrogens is 424 g/mol. The number of para-hydroxylation sites is 1. The van der Waals surface area contributed by atoms with Crippen LogP contribution in [0.1, 0.15) is 38.7 Å². The predicted molar refractivity (Wildman–Crippen MR) is 129 cm³/mol. The lowest BCUT2D eigenvalue weighted by molar-refractivity contribution is -0.130. The normalized spacial score (nSPS) is 13.3. The molecule has 0 saturated heterocycles. The van der Waals surface area contributed by atoms with Crippen molar-refractivity contribution in [1.82, 2.24) is 10.3 Å². The van der Waals surface area contributed by atoms with E-state index < -0.39 is 12.3 Å².